The van der Waals surface area contributed by atoms with Gasteiger partial charge in [-0.15, -0.1) is 0 Å². The standard InChI is InChI=1S/C27H38N2O5/c1-17(25(28)30)27(16-18-9-10-21(31-5)22(13-18)32-6)20-15-24(34-8)23(33-7)14-19(20)11-12-29(27)26(2,3)4/h9-10,13-15,17H,11-12,16H2,1-8H3,(H2,28,30)/t17?,27-/m1/s1. The fourth-order valence-corrected chi connectivity index (χ4v) is 5.39. The summed E-state index contributed by atoms with van der Waals surface area (Å²) in [5.41, 5.74) is 8.27. The Morgan fingerprint density at radius 3 is 2.06 bits per heavy atom. The molecule has 2 aromatic carbocycles. The maximum atomic E-state index is 12.9. The summed E-state index contributed by atoms with van der Waals surface area (Å²) < 4.78 is 22.3. The van der Waals surface area contributed by atoms with Crippen molar-refractivity contribution in [3.63, 3.8) is 0 Å². The Morgan fingerprint density at radius 1 is 0.971 bits per heavy atom. The van der Waals surface area contributed by atoms with Crippen LogP contribution in [-0.4, -0.2) is 51.3 Å². The molecule has 3 rings (SSSR count). The van der Waals surface area contributed by atoms with Gasteiger partial charge in [0.15, 0.2) is 23.0 Å². The van der Waals surface area contributed by atoms with Crippen LogP contribution < -0.4 is 24.7 Å². The topological polar surface area (TPSA) is 83.2 Å². The number of nitrogens with two attached hydrogens (primary N) is 1. The second-order valence-corrected chi connectivity index (χ2v) is 9.85. The van der Waals surface area contributed by atoms with Crippen molar-refractivity contribution in [2.75, 3.05) is 35.0 Å². The molecule has 0 saturated carbocycles. The van der Waals surface area contributed by atoms with E-state index in [4.69, 9.17) is 24.7 Å². The van der Waals surface area contributed by atoms with Gasteiger partial charge in [-0.1, -0.05) is 13.0 Å². The molecule has 7 nitrogen and oxygen atoms in total. The summed E-state index contributed by atoms with van der Waals surface area (Å²) in [6.07, 6.45) is 1.38. The predicted octanol–water partition coefficient (Wildman–Crippen LogP) is 3.94. The zero-order valence-electron chi connectivity index (χ0n) is 21.7. The molecular weight excluding hydrogens is 432 g/mol. The van der Waals surface area contributed by atoms with Gasteiger partial charge in [-0.3, -0.25) is 9.69 Å². The Bertz CT molecular complexity index is 1050. The lowest BCUT2D eigenvalue weighted by Gasteiger charge is -2.56. The van der Waals surface area contributed by atoms with Crippen molar-refractivity contribution in [2.45, 2.75) is 51.6 Å². The number of carbonyl (C=O) groups excluding carboxylic acids is 1. The Kier molecular flexibility index (Phi) is 7.36. The Hall–Kier alpha value is -2.93. The van der Waals surface area contributed by atoms with Gasteiger partial charge < -0.3 is 24.7 Å². The minimum atomic E-state index is -0.711. The van der Waals surface area contributed by atoms with Crippen molar-refractivity contribution in [1.29, 1.82) is 0 Å². The van der Waals surface area contributed by atoms with Gasteiger partial charge in [0.2, 0.25) is 5.91 Å². The number of primary amides is 1. The fraction of sp³-hybridized carbons (Fsp3) is 0.519. The van der Waals surface area contributed by atoms with E-state index in [9.17, 15) is 4.79 Å². The number of rotatable bonds is 8. The summed E-state index contributed by atoms with van der Waals surface area (Å²) >= 11 is 0. The van der Waals surface area contributed by atoms with Crippen LogP contribution in [0.15, 0.2) is 30.3 Å². The van der Waals surface area contributed by atoms with E-state index >= 15 is 0 Å². The summed E-state index contributed by atoms with van der Waals surface area (Å²) in [4.78, 5) is 15.3. The molecule has 0 aliphatic carbocycles. The minimum absolute atomic E-state index is 0.231. The van der Waals surface area contributed by atoms with E-state index in [1.807, 2.05) is 37.3 Å². The van der Waals surface area contributed by atoms with Crippen LogP contribution in [0.25, 0.3) is 0 Å². The number of nitrogens with zero attached hydrogens (tertiary/aromatic N) is 1. The average molecular weight is 471 g/mol. The third kappa shape index (κ3) is 4.41. The van der Waals surface area contributed by atoms with Gasteiger partial charge in [0, 0.05) is 12.1 Å². The van der Waals surface area contributed by atoms with Crippen LogP contribution in [-0.2, 0) is 23.2 Å². The third-order valence-electron chi connectivity index (χ3n) is 7.04. The molecule has 1 heterocycles. The molecule has 1 aliphatic heterocycles. The van der Waals surface area contributed by atoms with E-state index in [2.05, 4.69) is 25.7 Å². The Labute approximate surface area is 203 Å². The third-order valence-corrected chi connectivity index (χ3v) is 7.04. The van der Waals surface area contributed by atoms with Gasteiger partial charge >= 0.3 is 0 Å². The lowest BCUT2D eigenvalue weighted by atomic mass is 9.67. The van der Waals surface area contributed by atoms with Crippen molar-refractivity contribution in [3.8, 4) is 23.0 Å². The highest BCUT2D eigenvalue weighted by Gasteiger charge is 2.52. The lowest BCUT2D eigenvalue weighted by Crippen LogP contribution is -2.64. The first-order valence-corrected chi connectivity index (χ1v) is 11.6. The molecule has 2 atom stereocenters. The van der Waals surface area contributed by atoms with Gasteiger partial charge in [-0.05, 0) is 74.6 Å². The van der Waals surface area contributed by atoms with Gasteiger partial charge in [-0.25, -0.2) is 0 Å². The largest absolute Gasteiger partial charge is 0.493 e. The molecule has 0 radical (unpaired) electrons. The molecule has 34 heavy (non-hydrogen) atoms. The van der Waals surface area contributed by atoms with E-state index in [0.717, 1.165) is 29.7 Å². The van der Waals surface area contributed by atoms with Crippen LogP contribution in [0.4, 0.5) is 0 Å². The van der Waals surface area contributed by atoms with Crippen molar-refractivity contribution < 1.29 is 23.7 Å². The number of fused-ring (bicyclic) bond motifs is 1. The molecule has 186 valence electrons. The minimum Gasteiger partial charge on any atom is -0.493 e. The zero-order valence-corrected chi connectivity index (χ0v) is 21.7. The summed E-state index contributed by atoms with van der Waals surface area (Å²) in [6.45, 7) is 9.23. The first-order valence-electron chi connectivity index (χ1n) is 11.6. The van der Waals surface area contributed by atoms with Crippen LogP contribution in [0.5, 0.6) is 23.0 Å². The van der Waals surface area contributed by atoms with Gasteiger partial charge in [0.25, 0.3) is 0 Å². The van der Waals surface area contributed by atoms with Crippen LogP contribution in [0.1, 0.15) is 44.4 Å². The van der Waals surface area contributed by atoms with Crippen LogP contribution in [0.2, 0.25) is 0 Å². The van der Waals surface area contributed by atoms with Gasteiger partial charge in [-0.2, -0.15) is 0 Å². The molecule has 0 spiro atoms. The van der Waals surface area contributed by atoms with Crippen molar-refractivity contribution in [3.05, 3.63) is 47.0 Å². The molecule has 7 heteroatoms. The number of benzene rings is 2. The van der Waals surface area contributed by atoms with Gasteiger partial charge in [0.1, 0.15) is 0 Å². The van der Waals surface area contributed by atoms with E-state index < -0.39 is 11.5 Å². The highest BCUT2D eigenvalue weighted by molar-refractivity contribution is 5.79. The Balaban J connectivity index is 2.34. The summed E-state index contributed by atoms with van der Waals surface area (Å²) in [6, 6.07) is 9.95. The summed E-state index contributed by atoms with van der Waals surface area (Å²) in [5, 5.41) is 0. The number of hydrogen-bond acceptors (Lipinski definition) is 6. The number of hydrogen-bond donors (Lipinski definition) is 1. The highest BCUT2D eigenvalue weighted by atomic mass is 16.5. The van der Waals surface area contributed by atoms with Crippen LogP contribution in [0, 0.1) is 5.92 Å². The molecular formula is C27H38N2O5. The molecule has 0 fully saturated rings. The SMILES string of the molecule is COc1ccc(C[C@@]2(C(C)C(N)=O)c3cc(OC)c(OC)cc3CCN2C(C)(C)C)cc1OC. The number of amides is 1. The number of methoxy groups -OCH3 is 4. The first-order chi connectivity index (χ1) is 16.0. The first kappa shape index (κ1) is 25.7. The Morgan fingerprint density at radius 2 is 1.53 bits per heavy atom. The highest BCUT2D eigenvalue weighted by Crippen LogP contribution is 2.50. The quantitative estimate of drug-likeness (QED) is 0.629. The van der Waals surface area contributed by atoms with Gasteiger partial charge in [0.05, 0.1) is 39.9 Å². The normalized spacial score (nSPS) is 19.2. The predicted molar refractivity (Wildman–Crippen MR) is 133 cm³/mol. The average Bonchev–Trinajstić information content (AvgIpc) is 2.81. The molecule has 1 amide bonds. The number of carbonyl (C=O) groups is 1. The second kappa shape index (κ2) is 9.74. The van der Waals surface area contributed by atoms with Crippen LogP contribution in [0.3, 0.4) is 0 Å². The van der Waals surface area contributed by atoms with E-state index in [-0.39, 0.29) is 11.4 Å². The van der Waals surface area contributed by atoms with E-state index in [1.165, 1.54) is 0 Å². The molecule has 0 saturated heterocycles. The number of ether oxygens (including phenoxy) is 4. The molecule has 2 N–H and O–H groups in total. The maximum absolute atomic E-state index is 12.9. The lowest BCUT2D eigenvalue weighted by molar-refractivity contribution is -0.131. The van der Waals surface area contributed by atoms with Crippen molar-refractivity contribution in [1.82, 2.24) is 4.90 Å². The maximum Gasteiger partial charge on any atom is 0.222 e. The molecule has 1 unspecified atom stereocenters. The van der Waals surface area contributed by atoms with E-state index in [0.29, 0.717) is 29.4 Å². The van der Waals surface area contributed by atoms with Crippen molar-refractivity contribution >= 4 is 5.91 Å². The summed E-state index contributed by atoms with van der Waals surface area (Å²) in [5.74, 6) is 1.77. The molecule has 0 aromatic heterocycles. The molecule has 1 aliphatic rings. The van der Waals surface area contributed by atoms with Crippen molar-refractivity contribution in [2.24, 2.45) is 11.7 Å². The monoisotopic (exact) mass is 470 g/mol. The van der Waals surface area contributed by atoms with Crippen LogP contribution >= 0.6 is 0 Å². The summed E-state index contributed by atoms with van der Waals surface area (Å²) in [7, 11) is 6.50. The van der Waals surface area contributed by atoms with E-state index in [1.54, 1.807) is 28.4 Å². The molecule has 2 aromatic rings. The fourth-order valence-electron chi connectivity index (χ4n) is 5.39. The smallest absolute Gasteiger partial charge is 0.222 e. The zero-order chi connectivity index (χ0) is 25.3. The molecule has 0 bridgehead atoms. The second-order valence-electron chi connectivity index (χ2n) is 9.85.